The molecule has 96 valence electrons. The van der Waals surface area contributed by atoms with Gasteiger partial charge < -0.3 is 11.1 Å². The van der Waals surface area contributed by atoms with E-state index in [-0.39, 0.29) is 17.9 Å². The van der Waals surface area contributed by atoms with Crippen LogP contribution >= 0.6 is 0 Å². The summed E-state index contributed by atoms with van der Waals surface area (Å²) < 4.78 is 1.79. The summed E-state index contributed by atoms with van der Waals surface area (Å²) in [6.07, 6.45) is 3.08. The van der Waals surface area contributed by atoms with Gasteiger partial charge in [-0.15, -0.1) is 0 Å². The molecule has 3 N–H and O–H groups in total. The third kappa shape index (κ3) is 3.85. The number of carbonyl (C=O) groups excluding carboxylic acids is 1. The molecule has 17 heavy (non-hydrogen) atoms. The van der Waals surface area contributed by atoms with Crippen molar-refractivity contribution in [2.75, 3.05) is 11.9 Å². The van der Waals surface area contributed by atoms with E-state index in [4.69, 9.17) is 5.73 Å². The average Bonchev–Trinajstić information content (AvgIpc) is 2.74. The summed E-state index contributed by atoms with van der Waals surface area (Å²) in [5.74, 6) is 1.01. The zero-order valence-corrected chi connectivity index (χ0v) is 10.8. The van der Waals surface area contributed by atoms with Crippen LogP contribution in [0, 0.1) is 5.92 Å². The number of anilines is 1. The van der Waals surface area contributed by atoms with Gasteiger partial charge in [0.1, 0.15) is 5.82 Å². The molecule has 1 atom stereocenters. The third-order valence-corrected chi connectivity index (χ3v) is 2.81. The molecule has 0 radical (unpaired) electrons. The second kappa shape index (κ2) is 6.39. The van der Waals surface area contributed by atoms with Crippen LogP contribution in [-0.2, 0) is 4.79 Å². The minimum atomic E-state index is 0.00435. The van der Waals surface area contributed by atoms with Crippen molar-refractivity contribution in [2.45, 2.75) is 39.7 Å². The van der Waals surface area contributed by atoms with E-state index in [2.05, 4.69) is 10.4 Å². The van der Waals surface area contributed by atoms with E-state index in [1.165, 1.54) is 0 Å². The molecule has 0 saturated carbocycles. The molecule has 0 saturated heterocycles. The monoisotopic (exact) mass is 238 g/mol. The van der Waals surface area contributed by atoms with Gasteiger partial charge in [-0.2, -0.15) is 5.10 Å². The molecule has 0 aliphatic heterocycles. The van der Waals surface area contributed by atoms with Crippen LogP contribution < -0.4 is 11.1 Å². The second-order valence-electron chi connectivity index (χ2n) is 4.52. The first-order valence-corrected chi connectivity index (χ1v) is 6.11. The van der Waals surface area contributed by atoms with Gasteiger partial charge in [-0.3, -0.25) is 4.79 Å². The van der Waals surface area contributed by atoms with E-state index in [9.17, 15) is 4.79 Å². The number of carbonyl (C=O) groups is 1. The summed E-state index contributed by atoms with van der Waals surface area (Å²) in [6, 6.07) is 2.04. The van der Waals surface area contributed by atoms with Gasteiger partial charge >= 0.3 is 0 Å². The minimum absolute atomic E-state index is 0.00435. The number of rotatable bonds is 6. The standard InChI is InChI=1S/C12H22N4O/c1-4-10(8-13)7-12(17)15-11-5-6-14-16(11)9(2)3/h5-6,9-10H,4,7-8,13H2,1-3H3,(H,15,17). The maximum atomic E-state index is 11.8. The van der Waals surface area contributed by atoms with Gasteiger partial charge in [0.05, 0.1) is 6.20 Å². The predicted molar refractivity (Wildman–Crippen MR) is 68.7 cm³/mol. The molecule has 0 bridgehead atoms. The number of amides is 1. The molecule has 0 spiro atoms. The molecule has 1 rings (SSSR count). The Bertz CT molecular complexity index is 355. The van der Waals surface area contributed by atoms with Crippen molar-refractivity contribution in [3.63, 3.8) is 0 Å². The quantitative estimate of drug-likeness (QED) is 0.793. The van der Waals surface area contributed by atoms with Crippen molar-refractivity contribution in [2.24, 2.45) is 11.7 Å². The van der Waals surface area contributed by atoms with Gasteiger partial charge in [0.25, 0.3) is 0 Å². The molecular formula is C12H22N4O. The lowest BCUT2D eigenvalue weighted by atomic mass is 10.0. The van der Waals surface area contributed by atoms with Crippen molar-refractivity contribution in [3.8, 4) is 0 Å². The lowest BCUT2D eigenvalue weighted by Gasteiger charge is -2.14. The van der Waals surface area contributed by atoms with E-state index < -0.39 is 0 Å². The Morgan fingerprint density at radius 3 is 2.82 bits per heavy atom. The fourth-order valence-electron chi connectivity index (χ4n) is 1.68. The highest BCUT2D eigenvalue weighted by molar-refractivity contribution is 5.90. The Balaban J connectivity index is 2.59. The smallest absolute Gasteiger partial charge is 0.225 e. The Kier molecular flexibility index (Phi) is 5.15. The first kappa shape index (κ1) is 13.7. The molecule has 0 aliphatic rings. The van der Waals surface area contributed by atoms with Gasteiger partial charge in [-0.05, 0) is 26.3 Å². The Morgan fingerprint density at radius 2 is 2.29 bits per heavy atom. The summed E-state index contributed by atoms with van der Waals surface area (Å²) in [4.78, 5) is 11.8. The molecular weight excluding hydrogens is 216 g/mol. The lowest BCUT2D eigenvalue weighted by Crippen LogP contribution is -2.23. The van der Waals surface area contributed by atoms with E-state index in [1.807, 2.05) is 20.8 Å². The first-order chi connectivity index (χ1) is 8.08. The van der Waals surface area contributed by atoms with Crippen molar-refractivity contribution in [1.29, 1.82) is 0 Å². The summed E-state index contributed by atoms with van der Waals surface area (Å²) in [5.41, 5.74) is 5.59. The summed E-state index contributed by atoms with van der Waals surface area (Å²) in [6.45, 7) is 6.64. The third-order valence-electron chi connectivity index (χ3n) is 2.81. The van der Waals surface area contributed by atoms with Gasteiger partial charge in [-0.1, -0.05) is 13.3 Å². The van der Waals surface area contributed by atoms with E-state index >= 15 is 0 Å². The zero-order valence-electron chi connectivity index (χ0n) is 10.8. The molecule has 0 aromatic carbocycles. The highest BCUT2D eigenvalue weighted by atomic mass is 16.1. The lowest BCUT2D eigenvalue weighted by molar-refractivity contribution is -0.117. The topological polar surface area (TPSA) is 72.9 Å². The van der Waals surface area contributed by atoms with Crippen LogP contribution in [0.5, 0.6) is 0 Å². The molecule has 0 aliphatic carbocycles. The highest BCUT2D eigenvalue weighted by Gasteiger charge is 2.13. The van der Waals surface area contributed by atoms with Crippen molar-refractivity contribution in [1.82, 2.24) is 9.78 Å². The molecule has 1 amide bonds. The van der Waals surface area contributed by atoms with Crippen molar-refractivity contribution < 1.29 is 4.79 Å². The molecule has 1 aromatic heterocycles. The summed E-state index contributed by atoms with van der Waals surface area (Å²) >= 11 is 0. The Hall–Kier alpha value is -1.36. The Morgan fingerprint density at radius 1 is 1.59 bits per heavy atom. The van der Waals surface area contributed by atoms with Crippen LogP contribution in [0.15, 0.2) is 12.3 Å². The predicted octanol–water partition coefficient (Wildman–Crippen LogP) is 1.78. The van der Waals surface area contributed by atoms with Crippen LogP contribution in [0.25, 0.3) is 0 Å². The summed E-state index contributed by atoms with van der Waals surface area (Å²) in [7, 11) is 0. The van der Waals surface area contributed by atoms with Crippen molar-refractivity contribution >= 4 is 11.7 Å². The average molecular weight is 238 g/mol. The molecule has 1 heterocycles. The maximum Gasteiger partial charge on any atom is 0.225 e. The van der Waals surface area contributed by atoms with Gasteiger partial charge in [0.15, 0.2) is 0 Å². The maximum absolute atomic E-state index is 11.8. The minimum Gasteiger partial charge on any atom is -0.330 e. The van der Waals surface area contributed by atoms with Crippen LogP contribution in [0.4, 0.5) is 5.82 Å². The van der Waals surface area contributed by atoms with E-state index in [0.717, 1.165) is 12.2 Å². The number of nitrogens with one attached hydrogen (secondary N) is 1. The van der Waals surface area contributed by atoms with Crippen LogP contribution in [-0.4, -0.2) is 22.2 Å². The number of hydrogen-bond acceptors (Lipinski definition) is 3. The number of nitrogens with zero attached hydrogens (tertiary/aromatic N) is 2. The number of hydrogen-bond donors (Lipinski definition) is 2. The van der Waals surface area contributed by atoms with Crippen molar-refractivity contribution in [3.05, 3.63) is 12.3 Å². The fraction of sp³-hybridized carbons (Fsp3) is 0.667. The molecule has 5 nitrogen and oxygen atoms in total. The van der Waals surface area contributed by atoms with Gasteiger partial charge in [0, 0.05) is 18.5 Å². The van der Waals surface area contributed by atoms with Gasteiger partial charge in [-0.25, -0.2) is 4.68 Å². The second-order valence-corrected chi connectivity index (χ2v) is 4.52. The highest BCUT2D eigenvalue weighted by Crippen LogP contribution is 2.14. The van der Waals surface area contributed by atoms with Crippen LogP contribution in [0.2, 0.25) is 0 Å². The zero-order chi connectivity index (χ0) is 12.8. The molecule has 1 aromatic rings. The van der Waals surface area contributed by atoms with E-state index in [1.54, 1.807) is 16.9 Å². The van der Waals surface area contributed by atoms with Gasteiger partial charge in [0.2, 0.25) is 5.91 Å². The van der Waals surface area contributed by atoms with Crippen LogP contribution in [0.1, 0.15) is 39.7 Å². The number of aromatic nitrogens is 2. The molecule has 0 fully saturated rings. The molecule has 5 heteroatoms. The SMILES string of the molecule is CCC(CN)CC(=O)Nc1ccnn1C(C)C. The van der Waals surface area contributed by atoms with E-state index in [0.29, 0.717) is 13.0 Å². The Labute approximate surface area is 102 Å². The summed E-state index contributed by atoms with van der Waals surface area (Å²) in [5, 5.41) is 7.04. The fourth-order valence-corrected chi connectivity index (χ4v) is 1.68. The largest absolute Gasteiger partial charge is 0.330 e. The molecule has 1 unspecified atom stereocenters. The first-order valence-electron chi connectivity index (χ1n) is 6.11. The van der Waals surface area contributed by atoms with Crippen LogP contribution in [0.3, 0.4) is 0 Å². The number of nitrogens with two attached hydrogens (primary N) is 1. The normalized spacial score (nSPS) is 12.8.